The third-order valence-electron chi connectivity index (χ3n) is 7.09. The molecule has 212 valence electrons. The number of benzene rings is 2. The van der Waals surface area contributed by atoms with Crippen LogP contribution in [-0.2, 0) is 17.8 Å². The monoisotopic (exact) mass is 569 g/mol. The van der Waals surface area contributed by atoms with E-state index in [0.717, 1.165) is 35.5 Å². The molecule has 1 N–H and O–H groups in total. The Morgan fingerprint density at radius 2 is 1.62 bits per heavy atom. The van der Waals surface area contributed by atoms with Crippen LogP contribution in [0, 0.1) is 6.92 Å². The topological polar surface area (TPSA) is 42.2 Å². The predicted molar refractivity (Wildman–Crippen MR) is 165 cm³/mol. The molecule has 4 nitrogen and oxygen atoms in total. The summed E-state index contributed by atoms with van der Waals surface area (Å²) < 4.78 is 8.11. The number of unbranched alkanes of at least 4 members (excludes halogenated alkanes) is 11. The molecule has 0 aliphatic rings. The van der Waals surface area contributed by atoms with Gasteiger partial charge >= 0.3 is 0 Å². The molecule has 0 saturated carbocycles. The lowest BCUT2D eigenvalue weighted by molar-refractivity contribution is -0.689. The highest BCUT2D eigenvalue weighted by atomic mass is 35.5. The summed E-state index contributed by atoms with van der Waals surface area (Å²) in [5.74, 6) is 0.680. The van der Waals surface area contributed by atoms with Gasteiger partial charge in [0.2, 0.25) is 10.9 Å². The van der Waals surface area contributed by atoms with Gasteiger partial charge in [-0.3, -0.25) is 4.79 Å². The van der Waals surface area contributed by atoms with Gasteiger partial charge in [0.05, 0.1) is 18.4 Å². The number of hydrogen-bond acceptors (Lipinski definition) is 3. The number of aryl methyl sites for hydroxylation is 1. The molecule has 0 bridgehead atoms. The summed E-state index contributed by atoms with van der Waals surface area (Å²) in [5.41, 5.74) is 2.74. The number of hydrogen-bond donors (Lipinski definition) is 1. The van der Waals surface area contributed by atoms with Gasteiger partial charge in [-0.05, 0) is 36.2 Å². The number of carbonyl (C=O) groups excluding carboxylic acids is 1. The maximum absolute atomic E-state index is 12.7. The highest BCUT2D eigenvalue weighted by molar-refractivity contribution is 7.09. The summed E-state index contributed by atoms with van der Waals surface area (Å²) in [6.07, 6.45) is 18.3. The van der Waals surface area contributed by atoms with Crippen LogP contribution in [-0.4, -0.2) is 12.5 Å². The van der Waals surface area contributed by atoms with Crippen LogP contribution in [0.2, 0.25) is 5.02 Å². The van der Waals surface area contributed by atoms with Crippen LogP contribution in [0.1, 0.15) is 100 Å². The Morgan fingerprint density at radius 3 is 2.26 bits per heavy atom. The maximum atomic E-state index is 12.7. The quantitative estimate of drug-likeness (QED) is 0.115. The molecular weight excluding hydrogens is 524 g/mol. The minimum atomic E-state index is -0.0846. The molecule has 0 unspecified atom stereocenters. The molecule has 3 aromatic rings. The zero-order valence-electron chi connectivity index (χ0n) is 23.9. The van der Waals surface area contributed by atoms with E-state index in [2.05, 4.69) is 41.4 Å². The van der Waals surface area contributed by atoms with Gasteiger partial charge < -0.3 is 10.1 Å². The van der Waals surface area contributed by atoms with Crippen molar-refractivity contribution in [3.05, 3.63) is 75.2 Å². The van der Waals surface area contributed by atoms with E-state index in [9.17, 15) is 4.79 Å². The van der Waals surface area contributed by atoms with E-state index in [1.54, 1.807) is 11.3 Å². The molecule has 3 rings (SSSR count). The van der Waals surface area contributed by atoms with Crippen molar-refractivity contribution in [1.29, 1.82) is 0 Å². The SMILES string of the molecule is CCCCCCCCCCCCCCOc1ccc(CC(=O)Nc2cccc(C[n+]3ccsc3C)c2)c(Cl)c1. The van der Waals surface area contributed by atoms with E-state index in [1.165, 1.54) is 75.6 Å². The van der Waals surface area contributed by atoms with Gasteiger partial charge in [-0.1, -0.05) is 119 Å². The van der Waals surface area contributed by atoms with Gasteiger partial charge in [0.25, 0.3) is 0 Å². The summed E-state index contributed by atoms with van der Waals surface area (Å²) in [5, 5.41) is 6.91. The second-order valence-corrected chi connectivity index (χ2v) is 12.0. The van der Waals surface area contributed by atoms with E-state index < -0.39 is 0 Å². The molecule has 6 heteroatoms. The number of amides is 1. The highest BCUT2D eigenvalue weighted by Crippen LogP contribution is 2.24. The van der Waals surface area contributed by atoms with Crippen LogP contribution >= 0.6 is 22.9 Å². The summed E-state index contributed by atoms with van der Waals surface area (Å²) in [6, 6.07) is 13.6. The molecule has 0 atom stereocenters. The van der Waals surface area contributed by atoms with Gasteiger partial charge in [-0.2, -0.15) is 4.57 Å². The number of nitrogens with zero attached hydrogens (tertiary/aromatic N) is 1. The number of ether oxygens (including phenoxy) is 1. The second-order valence-electron chi connectivity index (χ2n) is 10.5. The normalized spacial score (nSPS) is 11.1. The van der Waals surface area contributed by atoms with Gasteiger partial charge in [0.1, 0.15) is 5.75 Å². The van der Waals surface area contributed by atoms with Crippen molar-refractivity contribution < 1.29 is 14.1 Å². The Kier molecular flexibility index (Phi) is 14.4. The fourth-order valence-electron chi connectivity index (χ4n) is 4.76. The van der Waals surface area contributed by atoms with Gasteiger partial charge in [0, 0.05) is 23.2 Å². The lowest BCUT2D eigenvalue weighted by Gasteiger charge is -2.10. The molecule has 0 fully saturated rings. The van der Waals surface area contributed by atoms with Crippen LogP contribution in [0.5, 0.6) is 5.75 Å². The van der Waals surface area contributed by atoms with Crippen molar-refractivity contribution in [1.82, 2.24) is 0 Å². The first kappa shape index (κ1) is 31.2. The average molecular weight is 570 g/mol. The van der Waals surface area contributed by atoms with Gasteiger partial charge in [0.15, 0.2) is 12.7 Å². The molecule has 0 saturated heterocycles. The molecule has 0 spiro atoms. The molecule has 0 aliphatic heterocycles. The van der Waals surface area contributed by atoms with Crippen molar-refractivity contribution in [2.75, 3.05) is 11.9 Å². The van der Waals surface area contributed by atoms with E-state index in [-0.39, 0.29) is 12.3 Å². The first-order valence-electron chi connectivity index (χ1n) is 14.8. The first-order valence-corrected chi connectivity index (χ1v) is 16.0. The van der Waals surface area contributed by atoms with Crippen LogP contribution in [0.25, 0.3) is 0 Å². The molecule has 1 heterocycles. The lowest BCUT2D eigenvalue weighted by Crippen LogP contribution is -2.34. The van der Waals surface area contributed by atoms with Gasteiger partial charge in [-0.15, -0.1) is 0 Å². The molecule has 1 amide bonds. The summed E-state index contributed by atoms with van der Waals surface area (Å²) >= 11 is 8.22. The van der Waals surface area contributed by atoms with Crippen LogP contribution in [0.3, 0.4) is 0 Å². The summed E-state index contributed by atoms with van der Waals surface area (Å²) in [7, 11) is 0. The second kappa shape index (κ2) is 18.1. The number of rotatable bonds is 19. The predicted octanol–water partition coefficient (Wildman–Crippen LogP) is 9.31. The number of halogens is 1. The van der Waals surface area contributed by atoms with Crippen LogP contribution < -0.4 is 14.6 Å². The summed E-state index contributed by atoms with van der Waals surface area (Å²) in [6.45, 7) is 5.86. The van der Waals surface area contributed by atoms with Crippen molar-refractivity contribution in [2.24, 2.45) is 0 Å². The minimum Gasteiger partial charge on any atom is -0.494 e. The number of aromatic nitrogens is 1. The molecule has 1 aromatic heterocycles. The first-order chi connectivity index (χ1) is 19.0. The molecular formula is C33H46ClN2O2S+. The average Bonchev–Trinajstić information content (AvgIpc) is 3.32. The van der Waals surface area contributed by atoms with E-state index >= 15 is 0 Å². The standard InChI is InChI=1S/C33H45ClN2O2S/c1-3-4-5-6-7-8-9-10-11-12-13-14-21-38-31-19-18-29(32(34)25-31)24-33(37)35-30-17-15-16-28(23-30)26-36-20-22-39-27(36)2/h15-20,22-23,25H,3-14,21,24,26H2,1-2H3/p+1. The Labute approximate surface area is 244 Å². The van der Waals surface area contributed by atoms with E-state index in [0.29, 0.717) is 11.6 Å². The Morgan fingerprint density at radius 1 is 0.923 bits per heavy atom. The van der Waals surface area contributed by atoms with Crippen LogP contribution in [0.15, 0.2) is 54.0 Å². The largest absolute Gasteiger partial charge is 0.494 e. The van der Waals surface area contributed by atoms with Gasteiger partial charge in [-0.25, -0.2) is 0 Å². The minimum absolute atomic E-state index is 0.0846. The molecule has 39 heavy (non-hydrogen) atoms. The smallest absolute Gasteiger partial charge is 0.234 e. The third kappa shape index (κ3) is 12.1. The van der Waals surface area contributed by atoms with E-state index in [1.807, 2.05) is 36.4 Å². The van der Waals surface area contributed by atoms with Crippen molar-refractivity contribution in [3.8, 4) is 5.75 Å². The molecule has 0 radical (unpaired) electrons. The Hall–Kier alpha value is -2.37. The van der Waals surface area contributed by atoms with Crippen molar-refractivity contribution in [3.63, 3.8) is 0 Å². The van der Waals surface area contributed by atoms with Crippen molar-refractivity contribution >= 4 is 34.5 Å². The lowest BCUT2D eigenvalue weighted by atomic mass is 10.1. The number of carbonyl (C=O) groups is 1. The Balaban J connectivity index is 1.30. The Bertz CT molecular complexity index is 1130. The van der Waals surface area contributed by atoms with E-state index in [4.69, 9.17) is 16.3 Å². The number of thiazole rings is 1. The highest BCUT2D eigenvalue weighted by Gasteiger charge is 2.12. The maximum Gasteiger partial charge on any atom is 0.234 e. The fraction of sp³-hybridized carbons (Fsp3) is 0.515. The molecule has 2 aromatic carbocycles. The van der Waals surface area contributed by atoms with Crippen molar-refractivity contribution in [2.45, 2.75) is 104 Å². The zero-order valence-corrected chi connectivity index (χ0v) is 25.4. The summed E-state index contributed by atoms with van der Waals surface area (Å²) in [4.78, 5) is 12.7. The third-order valence-corrected chi connectivity index (χ3v) is 8.27. The number of nitrogens with one attached hydrogen (secondary N) is 1. The van der Waals surface area contributed by atoms with Crippen LogP contribution in [0.4, 0.5) is 5.69 Å². The molecule has 0 aliphatic carbocycles. The zero-order chi connectivity index (χ0) is 27.7. The number of anilines is 1. The fourth-order valence-corrected chi connectivity index (χ4v) is 5.66.